The fraction of sp³-hybridized carbons (Fsp3) is 0.263. The molecule has 0 radical (unpaired) electrons. The number of para-hydroxylation sites is 2. The van der Waals surface area contributed by atoms with E-state index >= 15 is 0 Å². The maximum Gasteiger partial charge on any atom is 0.194 e. The summed E-state index contributed by atoms with van der Waals surface area (Å²) in [5, 5.41) is 3.40. The van der Waals surface area contributed by atoms with E-state index in [0.29, 0.717) is 13.1 Å². The molecule has 1 N–H and O–H groups in total. The van der Waals surface area contributed by atoms with Crippen LogP contribution >= 0.6 is 24.0 Å². The Morgan fingerprint density at radius 1 is 1.08 bits per heavy atom. The molecule has 3 aromatic rings. The molecule has 0 saturated carbocycles. The maximum absolute atomic E-state index is 4.69. The van der Waals surface area contributed by atoms with Gasteiger partial charge in [-0.2, -0.15) is 0 Å². The molecule has 5 nitrogen and oxygen atoms in total. The van der Waals surface area contributed by atoms with Gasteiger partial charge in [0, 0.05) is 21.1 Å². The summed E-state index contributed by atoms with van der Waals surface area (Å²) >= 11 is 0. The Bertz CT molecular complexity index is 839. The quantitative estimate of drug-likeness (QED) is 0.378. The van der Waals surface area contributed by atoms with Gasteiger partial charge in [0.2, 0.25) is 0 Å². The Labute approximate surface area is 165 Å². The van der Waals surface area contributed by atoms with E-state index in [2.05, 4.69) is 38.1 Å². The second-order valence-electron chi connectivity index (χ2n) is 5.95. The molecule has 25 heavy (non-hydrogen) atoms. The van der Waals surface area contributed by atoms with Crippen LogP contribution in [0, 0.1) is 0 Å². The Balaban J connectivity index is 0.00000225. The topological polar surface area (TPSA) is 45.4 Å². The van der Waals surface area contributed by atoms with Gasteiger partial charge >= 0.3 is 0 Å². The lowest BCUT2D eigenvalue weighted by atomic mass is 10.2. The highest BCUT2D eigenvalue weighted by atomic mass is 127. The van der Waals surface area contributed by atoms with Crippen molar-refractivity contribution in [2.45, 2.75) is 13.1 Å². The zero-order valence-electron chi connectivity index (χ0n) is 14.8. The largest absolute Gasteiger partial charge is 0.349 e. The number of nitrogens with zero attached hydrogens (tertiary/aromatic N) is 4. The van der Waals surface area contributed by atoms with Crippen molar-refractivity contribution in [1.29, 1.82) is 0 Å². The van der Waals surface area contributed by atoms with Gasteiger partial charge in [-0.05, 0) is 17.7 Å². The second kappa shape index (κ2) is 8.84. The Hall–Kier alpha value is -2.09. The Morgan fingerprint density at radius 3 is 2.44 bits per heavy atom. The number of aromatic nitrogens is 2. The number of aryl methyl sites for hydroxylation is 1. The predicted octanol–water partition coefficient (Wildman–Crippen LogP) is 3.40. The number of imidazole rings is 1. The highest BCUT2D eigenvalue weighted by molar-refractivity contribution is 14.0. The van der Waals surface area contributed by atoms with Crippen molar-refractivity contribution in [3.05, 3.63) is 66.0 Å². The lowest BCUT2D eigenvalue weighted by molar-refractivity contribution is 0.572. The SMILES string of the molecule is CN(C)C(=NCc1ccccc1)NCc1nc2ccccc2n1C.I. The van der Waals surface area contributed by atoms with E-state index in [4.69, 9.17) is 0 Å². The molecule has 0 saturated heterocycles. The third-order valence-electron chi connectivity index (χ3n) is 3.96. The first-order chi connectivity index (χ1) is 11.6. The summed E-state index contributed by atoms with van der Waals surface area (Å²) in [6, 6.07) is 18.4. The number of guanidine groups is 1. The monoisotopic (exact) mass is 449 g/mol. The van der Waals surface area contributed by atoms with E-state index in [1.165, 1.54) is 5.56 Å². The van der Waals surface area contributed by atoms with Gasteiger partial charge in [-0.1, -0.05) is 42.5 Å². The highest BCUT2D eigenvalue weighted by Crippen LogP contribution is 2.14. The Kier molecular flexibility index (Phi) is 6.81. The normalized spacial score (nSPS) is 11.2. The van der Waals surface area contributed by atoms with Crippen LogP contribution in [0.4, 0.5) is 0 Å². The van der Waals surface area contributed by atoms with E-state index in [9.17, 15) is 0 Å². The first kappa shape index (κ1) is 19.2. The highest BCUT2D eigenvalue weighted by Gasteiger charge is 2.08. The molecule has 0 bridgehead atoms. The van der Waals surface area contributed by atoms with E-state index in [-0.39, 0.29) is 24.0 Å². The minimum Gasteiger partial charge on any atom is -0.349 e. The van der Waals surface area contributed by atoms with Gasteiger partial charge in [0.1, 0.15) is 5.82 Å². The molecule has 6 heteroatoms. The molecule has 0 aliphatic heterocycles. The fourth-order valence-corrected chi connectivity index (χ4v) is 2.62. The number of halogens is 1. The van der Waals surface area contributed by atoms with Gasteiger partial charge in [-0.15, -0.1) is 24.0 Å². The number of hydrogen-bond donors (Lipinski definition) is 1. The number of benzene rings is 2. The summed E-state index contributed by atoms with van der Waals surface area (Å²) < 4.78 is 2.12. The molecule has 1 aromatic heterocycles. The van der Waals surface area contributed by atoms with Crippen molar-refractivity contribution in [3.8, 4) is 0 Å². The number of aliphatic imine (C=N–C) groups is 1. The van der Waals surface area contributed by atoms with Gasteiger partial charge in [-0.25, -0.2) is 9.98 Å². The van der Waals surface area contributed by atoms with Crippen LogP contribution in [0.25, 0.3) is 11.0 Å². The summed E-state index contributed by atoms with van der Waals surface area (Å²) in [5.41, 5.74) is 3.35. The molecular formula is C19H24IN5. The summed E-state index contributed by atoms with van der Waals surface area (Å²) in [7, 11) is 6.03. The first-order valence-corrected chi connectivity index (χ1v) is 8.05. The van der Waals surface area contributed by atoms with Crippen molar-refractivity contribution in [2.24, 2.45) is 12.0 Å². The smallest absolute Gasteiger partial charge is 0.194 e. The van der Waals surface area contributed by atoms with E-state index in [1.54, 1.807) is 0 Å². The summed E-state index contributed by atoms with van der Waals surface area (Å²) in [6.07, 6.45) is 0. The number of hydrogen-bond acceptors (Lipinski definition) is 2. The molecule has 2 aromatic carbocycles. The van der Waals surface area contributed by atoms with Crippen molar-refractivity contribution in [1.82, 2.24) is 19.8 Å². The van der Waals surface area contributed by atoms with Crippen LogP contribution in [-0.4, -0.2) is 34.5 Å². The van der Waals surface area contributed by atoms with Crippen LogP contribution < -0.4 is 5.32 Å². The molecule has 3 rings (SSSR count). The fourth-order valence-electron chi connectivity index (χ4n) is 2.62. The van der Waals surface area contributed by atoms with Crippen molar-refractivity contribution >= 4 is 41.0 Å². The van der Waals surface area contributed by atoms with Crippen LogP contribution in [0.5, 0.6) is 0 Å². The molecule has 0 unspecified atom stereocenters. The third-order valence-corrected chi connectivity index (χ3v) is 3.96. The number of rotatable bonds is 4. The van der Waals surface area contributed by atoms with Gasteiger partial charge in [0.15, 0.2) is 5.96 Å². The van der Waals surface area contributed by atoms with Crippen LogP contribution in [-0.2, 0) is 20.1 Å². The van der Waals surface area contributed by atoms with Crippen molar-refractivity contribution in [2.75, 3.05) is 14.1 Å². The van der Waals surface area contributed by atoms with E-state index in [0.717, 1.165) is 22.8 Å². The third kappa shape index (κ3) is 4.72. The molecule has 0 atom stereocenters. The van der Waals surface area contributed by atoms with Crippen molar-refractivity contribution in [3.63, 3.8) is 0 Å². The van der Waals surface area contributed by atoms with Gasteiger partial charge in [-0.3, -0.25) is 0 Å². The average Bonchev–Trinajstić information content (AvgIpc) is 2.92. The van der Waals surface area contributed by atoms with Crippen molar-refractivity contribution < 1.29 is 0 Å². The average molecular weight is 449 g/mol. The van der Waals surface area contributed by atoms with Crippen LogP contribution in [0.1, 0.15) is 11.4 Å². The van der Waals surface area contributed by atoms with Gasteiger partial charge in [0.05, 0.1) is 24.1 Å². The molecule has 0 aliphatic carbocycles. The summed E-state index contributed by atoms with van der Waals surface area (Å²) in [5.74, 6) is 1.84. The zero-order chi connectivity index (χ0) is 16.9. The first-order valence-electron chi connectivity index (χ1n) is 8.05. The number of nitrogens with one attached hydrogen (secondary N) is 1. The minimum absolute atomic E-state index is 0. The molecule has 0 spiro atoms. The van der Waals surface area contributed by atoms with Crippen LogP contribution in [0.3, 0.4) is 0 Å². The summed E-state index contributed by atoms with van der Waals surface area (Å²) in [4.78, 5) is 11.4. The molecule has 0 amide bonds. The minimum atomic E-state index is 0. The van der Waals surface area contributed by atoms with E-state index < -0.39 is 0 Å². The molecule has 132 valence electrons. The molecule has 0 aliphatic rings. The standard InChI is InChI=1S/C19H23N5.HI/c1-23(2)19(20-13-15-9-5-4-6-10-15)21-14-18-22-16-11-7-8-12-17(16)24(18)3;/h4-12H,13-14H2,1-3H3,(H,20,21);1H. The summed E-state index contributed by atoms with van der Waals surface area (Å²) in [6.45, 7) is 1.29. The Morgan fingerprint density at radius 2 is 1.76 bits per heavy atom. The van der Waals surface area contributed by atoms with E-state index in [1.807, 2.05) is 62.4 Å². The van der Waals surface area contributed by atoms with Crippen LogP contribution in [0.15, 0.2) is 59.6 Å². The molecule has 0 fully saturated rings. The maximum atomic E-state index is 4.69. The molecular weight excluding hydrogens is 425 g/mol. The second-order valence-corrected chi connectivity index (χ2v) is 5.95. The lowest BCUT2D eigenvalue weighted by Gasteiger charge is -2.17. The lowest BCUT2D eigenvalue weighted by Crippen LogP contribution is -2.36. The zero-order valence-corrected chi connectivity index (χ0v) is 17.1. The predicted molar refractivity (Wildman–Crippen MR) is 114 cm³/mol. The van der Waals surface area contributed by atoms with Gasteiger partial charge < -0.3 is 14.8 Å². The molecule has 1 heterocycles. The number of fused-ring (bicyclic) bond motifs is 1. The van der Waals surface area contributed by atoms with Crippen LogP contribution in [0.2, 0.25) is 0 Å². The van der Waals surface area contributed by atoms with Gasteiger partial charge in [0.25, 0.3) is 0 Å².